The summed E-state index contributed by atoms with van der Waals surface area (Å²) in [6.45, 7) is 0. The number of hydrogen-bond acceptors (Lipinski definition) is 4. The molecular formula is C6H8BN3O. The van der Waals surface area contributed by atoms with Gasteiger partial charge in [-0.25, -0.2) is 0 Å². The van der Waals surface area contributed by atoms with Crippen molar-refractivity contribution in [2.24, 2.45) is 0 Å². The van der Waals surface area contributed by atoms with Gasteiger partial charge in [-0.15, -0.1) is 0 Å². The van der Waals surface area contributed by atoms with Crippen LogP contribution in [0.3, 0.4) is 0 Å². The van der Waals surface area contributed by atoms with Gasteiger partial charge < -0.3 is 16.2 Å². The molecule has 0 spiro atoms. The third-order valence-electron chi connectivity index (χ3n) is 1.27. The number of aromatic nitrogens is 1. The lowest BCUT2D eigenvalue weighted by Gasteiger charge is -2.05. The van der Waals surface area contributed by atoms with E-state index in [1.54, 1.807) is 0 Å². The number of pyridine rings is 1. The highest BCUT2D eigenvalue weighted by molar-refractivity contribution is 6.34. The lowest BCUT2D eigenvalue weighted by molar-refractivity contribution is 0.402. The number of nitrogens with two attached hydrogens (primary N) is 2. The second kappa shape index (κ2) is 2.69. The molecule has 5 heteroatoms. The van der Waals surface area contributed by atoms with Gasteiger partial charge in [0.15, 0.2) is 5.82 Å². The summed E-state index contributed by atoms with van der Waals surface area (Å²) in [4.78, 5) is 3.80. The highest BCUT2D eigenvalue weighted by Gasteiger charge is 2.02. The second-order valence-electron chi connectivity index (χ2n) is 2.06. The molecule has 0 aliphatic carbocycles. The highest BCUT2D eigenvalue weighted by atomic mass is 16.5. The van der Waals surface area contributed by atoms with Crippen molar-refractivity contribution in [1.82, 2.24) is 4.98 Å². The van der Waals surface area contributed by atoms with Crippen molar-refractivity contribution in [3.63, 3.8) is 0 Å². The van der Waals surface area contributed by atoms with Crippen LogP contribution in [0.25, 0.3) is 0 Å². The Hall–Kier alpha value is -1.39. The minimum atomic E-state index is 0.232. The zero-order valence-corrected chi connectivity index (χ0v) is 6.16. The van der Waals surface area contributed by atoms with Gasteiger partial charge in [0.2, 0.25) is 5.88 Å². The van der Waals surface area contributed by atoms with E-state index in [1.165, 1.54) is 13.2 Å². The average Bonchev–Trinajstić information content (AvgIpc) is 1.97. The van der Waals surface area contributed by atoms with E-state index in [0.29, 0.717) is 17.0 Å². The van der Waals surface area contributed by atoms with Crippen molar-refractivity contribution in [3.8, 4) is 5.88 Å². The topological polar surface area (TPSA) is 74.2 Å². The number of nitrogens with zero attached hydrogens (tertiary/aromatic N) is 1. The van der Waals surface area contributed by atoms with Gasteiger partial charge in [0.25, 0.3) is 0 Å². The van der Waals surface area contributed by atoms with Crippen molar-refractivity contribution >= 4 is 24.8 Å². The predicted molar refractivity (Wildman–Crippen MR) is 45.0 cm³/mol. The summed E-state index contributed by atoms with van der Waals surface area (Å²) in [6.07, 6.45) is 0. The van der Waals surface area contributed by atoms with Crippen LogP contribution in [0.1, 0.15) is 0 Å². The number of hydrogen-bond donors (Lipinski definition) is 2. The molecule has 0 saturated carbocycles. The maximum atomic E-state index is 5.48. The molecule has 0 fully saturated rings. The first-order valence-corrected chi connectivity index (χ1v) is 3.00. The molecule has 0 bridgehead atoms. The SMILES string of the molecule is [B]c1cc(N)c(N)nc1OC. The van der Waals surface area contributed by atoms with E-state index in [0.717, 1.165) is 0 Å². The Balaban J connectivity index is 3.21. The van der Waals surface area contributed by atoms with Gasteiger partial charge in [-0.2, -0.15) is 4.98 Å². The van der Waals surface area contributed by atoms with Crippen LogP contribution in [0.2, 0.25) is 0 Å². The van der Waals surface area contributed by atoms with Gasteiger partial charge in [-0.3, -0.25) is 0 Å². The molecular weight excluding hydrogens is 141 g/mol. The molecule has 1 rings (SSSR count). The number of nitrogen functional groups attached to an aromatic ring is 2. The summed E-state index contributed by atoms with van der Waals surface area (Å²) in [6, 6.07) is 1.52. The van der Waals surface area contributed by atoms with E-state index in [4.69, 9.17) is 24.1 Å². The Labute approximate surface area is 66.0 Å². The summed E-state index contributed by atoms with van der Waals surface area (Å²) in [7, 11) is 6.94. The molecule has 0 aromatic carbocycles. The van der Waals surface area contributed by atoms with Crippen molar-refractivity contribution in [3.05, 3.63) is 6.07 Å². The lowest BCUT2D eigenvalue weighted by atomic mass is 9.97. The summed E-state index contributed by atoms with van der Waals surface area (Å²) in [5.74, 6) is 0.535. The Morgan fingerprint density at radius 2 is 2.18 bits per heavy atom. The normalized spacial score (nSPS) is 9.55. The van der Waals surface area contributed by atoms with Crippen molar-refractivity contribution in [2.75, 3.05) is 18.6 Å². The smallest absolute Gasteiger partial charge is 0.207 e. The zero-order chi connectivity index (χ0) is 8.43. The lowest BCUT2D eigenvalue weighted by Crippen LogP contribution is -2.12. The summed E-state index contributed by atoms with van der Waals surface area (Å²) in [5.41, 5.74) is 11.6. The van der Waals surface area contributed by atoms with E-state index in [2.05, 4.69) is 4.98 Å². The van der Waals surface area contributed by atoms with Crippen LogP contribution in [-0.2, 0) is 0 Å². The molecule has 0 saturated heterocycles. The molecule has 0 amide bonds. The third-order valence-corrected chi connectivity index (χ3v) is 1.27. The standard InChI is InChI=1S/C6H8BN3O/c1-11-6-3(7)2-4(8)5(9)10-6/h2H,8H2,1H3,(H2,9,10). The van der Waals surface area contributed by atoms with Crippen LogP contribution in [0.15, 0.2) is 6.07 Å². The Morgan fingerprint density at radius 3 is 2.73 bits per heavy atom. The van der Waals surface area contributed by atoms with Crippen LogP contribution in [-0.4, -0.2) is 19.9 Å². The van der Waals surface area contributed by atoms with Crippen molar-refractivity contribution in [2.45, 2.75) is 0 Å². The largest absolute Gasteiger partial charge is 0.481 e. The van der Waals surface area contributed by atoms with E-state index in [9.17, 15) is 0 Å². The van der Waals surface area contributed by atoms with Crippen LogP contribution in [0.5, 0.6) is 5.88 Å². The number of ether oxygens (including phenoxy) is 1. The van der Waals surface area contributed by atoms with E-state index in [1.807, 2.05) is 0 Å². The molecule has 0 atom stereocenters. The fraction of sp³-hybridized carbons (Fsp3) is 0.167. The van der Waals surface area contributed by atoms with Crippen LogP contribution in [0, 0.1) is 0 Å². The van der Waals surface area contributed by atoms with Crippen LogP contribution >= 0.6 is 0 Å². The Bertz CT molecular complexity index is 277. The Kier molecular flexibility index (Phi) is 1.89. The molecule has 56 valence electrons. The first-order chi connectivity index (χ1) is 5.15. The molecule has 0 aliphatic heterocycles. The summed E-state index contributed by atoms with van der Waals surface area (Å²) in [5, 5.41) is 0. The van der Waals surface area contributed by atoms with Gasteiger partial charge >= 0.3 is 0 Å². The number of anilines is 2. The molecule has 0 unspecified atom stereocenters. The van der Waals surface area contributed by atoms with Crippen LogP contribution < -0.4 is 21.7 Å². The molecule has 1 heterocycles. The fourth-order valence-corrected chi connectivity index (χ4v) is 0.705. The third kappa shape index (κ3) is 1.37. The minimum Gasteiger partial charge on any atom is -0.481 e. The van der Waals surface area contributed by atoms with Gasteiger partial charge in [-0.1, -0.05) is 0 Å². The minimum absolute atomic E-state index is 0.232. The monoisotopic (exact) mass is 149 g/mol. The van der Waals surface area contributed by atoms with Gasteiger partial charge in [0.05, 0.1) is 12.8 Å². The second-order valence-corrected chi connectivity index (χ2v) is 2.06. The van der Waals surface area contributed by atoms with Gasteiger partial charge in [0, 0.05) is 0 Å². The first kappa shape index (κ1) is 7.72. The van der Waals surface area contributed by atoms with Crippen molar-refractivity contribution in [1.29, 1.82) is 0 Å². The molecule has 0 aliphatic rings. The van der Waals surface area contributed by atoms with E-state index < -0.39 is 0 Å². The Morgan fingerprint density at radius 1 is 1.55 bits per heavy atom. The highest BCUT2D eigenvalue weighted by Crippen LogP contribution is 2.12. The average molecular weight is 149 g/mol. The maximum absolute atomic E-state index is 5.48. The quantitative estimate of drug-likeness (QED) is 0.504. The maximum Gasteiger partial charge on any atom is 0.207 e. The molecule has 2 radical (unpaired) electrons. The molecule has 1 aromatic rings. The van der Waals surface area contributed by atoms with E-state index >= 15 is 0 Å². The number of rotatable bonds is 1. The molecule has 4 N–H and O–H groups in total. The fourth-order valence-electron chi connectivity index (χ4n) is 0.705. The zero-order valence-electron chi connectivity index (χ0n) is 6.16. The van der Waals surface area contributed by atoms with Crippen LogP contribution in [0.4, 0.5) is 11.5 Å². The first-order valence-electron chi connectivity index (χ1n) is 3.00. The molecule has 1 aromatic heterocycles. The van der Waals surface area contributed by atoms with Gasteiger partial charge in [0.1, 0.15) is 7.85 Å². The number of methoxy groups -OCH3 is 1. The molecule has 4 nitrogen and oxygen atoms in total. The predicted octanol–water partition coefficient (Wildman–Crippen LogP) is -0.952. The van der Waals surface area contributed by atoms with E-state index in [-0.39, 0.29) is 5.82 Å². The van der Waals surface area contributed by atoms with Crippen molar-refractivity contribution < 1.29 is 4.74 Å². The summed E-state index contributed by atoms with van der Waals surface area (Å²) < 4.78 is 4.81. The molecule has 11 heavy (non-hydrogen) atoms. The van der Waals surface area contributed by atoms with Gasteiger partial charge in [-0.05, 0) is 11.5 Å². The summed E-state index contributed by atoms with van der Waals surface area (Å²) >= 11 is 0.